The monoisotopic (exact) mass is 343 g/mol. The van der Waals surface area contributed by atoms with Crippen LogP contribution in [0, 0.1) is 0 Å². The predicted octanol–water partition coefficient (Wildman–Crippen LogP) is 1.83. The lowest BCUT2D eigenvalue weighted by Crippen LogP contribution is -2.21. The molecule has 4 rings (SSSR count). The Morgan fingerprint density at radius 3 is 2.96 bits per heavy atom. The minimum atomic E-state index is -0.299. The molecule has 3 heterocycles. The Labute approximate surface area is 140 Å². The number of amides is 1. The molecule has 0 saturated carbocycles. The highest BCUT2D eigenvalue weighted by Gasteiger charge is 2.23. The standard InChI is InChI=1S/C15H9N3O3S2/c19-13-11(16-15(22)17-13)4-9-6-23-18-12(9)7-1-2-10-8(3-7)5-21-14(10)20/h1-4,6H,5H2,(H2,16,17,19,22)/b11-4+. The second-order valence-electron chi connectivity index (χ2n) is 5.03. The molecular weight excluding hydrogens is 334 g/mol. The molecule has 8 heteroatoms. The summed E-state index contributed by atoms with van der Waals surface area (Å²) in [5.41, 5.74) is 4.25. The molecule has 1 amide bonds. The lowest BCUT2D eigenvalue weighted by molar-refractivity contribution is -0.115. The maximum absolute atomic E-state index is 11.7. The van der Waals surface area contributed by atoms with Gasteiger partial charge >= 0.3 is 5.97 Å². The van der Waals surface area contributed by atoms with Crippen molar-refractivity contribution in [1.82, 2.24) is 15.0 Å². The summed E-state index contributed by atoms with van der Waals surface area (Å²) in [5.74, 6) is -0.562. The van der Waals surface area contributed by atoms with Crippen LogP contribution in [0.25, 0.3) is 17.3 Å². The van der Waals surface area contributed by atoms with E-state index in [0.717, 1.165) is 22.4 Å². The topological polar surface area (TPSA) is 80.3 Å². The van der Waals surface area contributed by atoms with E-state index in [1.165, 1.54) is 11.5 Å². The van der Waals surface area contributed by atoms with Crippen LogP contribution in [-0.4, -0.2) is 21.4 Å². The fraction of sp³-hybridized carbons (Fsp3) is 0.0667. The van der Waals surface area contributed by atoms with E-state index in [9.17, 15) is 9.59 Å². The van der Waals surface area contributed by atoms with Crippen molar-refractivity contribution in [2.24, 2.45) is 0 Å². The molecule has 1 aromatic heterocycles. The van der Waals surface area contributed by atoms with Gasteiger partial charge in [0.2, 0.25) is 0 Å². The Hall–Kier alpha value is -2.58. The fourth-order valence-corrected chi connectivity index (χ4v) is 3.35. The number of esters is 1. The summed E-state index contributed by atoms with van der Waals surface area (Å²) in [6, 6.07) is 5.46. The number of fused-ring (bicyclic) bond motifs is 1. The summed E-state index contributed by atoms with van der Waals surface area (Å²) in [4.78, 5) is 23.3. The minimum absolute atomic E-state index is 0.264. The molecule has 1 fully saturated rings. The quantitative estimate of drug-likeness (QED) is 0.492. The number of benzene rings is 1. The van der Waals surface area contributed by atoms with Crippen LogP contribution in [0.4, 0.5) is 0 Å². The second-order valence-corrected chi connectivity index (χ2v) is 6.07. The number of ether oxygens (including phenoxy) is 1. The van der Waals surface area contributed by atoms with E-state index in [2.05, 4.69) is 15.0 Å². The van der Waals surface area contributed by atoms with Gasteiger partial charge in [-0.3, -0.25) is 10.1 Å². The number of aromatic nitrogens is 1. The van der Waals surface area contributed by atoms with Crippen LogP contribution >= 0.6 is 23.8 Å². The molecule has 2 aliphatic heterocycles. The average Bonchev–Trinajstić information content (AvgIpc) is 3.20. The molecule has 0 spiro atoms. The number of hydrogen-bond acceptors (Lipinski definition) is 6. The van der Waals surface area contributed by atoms with Crippen LogP contribution in [0.1, 0.15) is 21.5 Å². The largest absolute Gasteiger partial charge is 0.457 e. The highest BCUT2D eigenvalue weighted by atomic mass is 32.1. The number of nitrogens with zero attached hydrogens (tertiary/aromatic N) is 1. The van der Waals surface area contributed by atoms with E-state index >= 15 is 0 Å². The van der Waals surface area contributed by atoms with Gasteiger partial charge in [-0.2, -0.15) is 4.37 Å². The van der Waals surface area contributed by atoms with Crippen molar-refractivity contribution < 1.29 is 14.3 Å². The van der Waals surface area contributed by atoms with Crippen molar-refractivity contribution in [3.05, 3.63) is 46.0 Å². The first-order valence-corrected chi connectivity index (χ1v) is 7.95. The summed E-state index contributed by atoms with van der Waals surface area (Å²) in [7, 11) is 0. The van der Waals surface area contributed by atoms with Crippen molar-refractivity contribution in [2.45, 2.75) is 6.61 Å². The van der Waals surface area contributed by atoms with Crippen LogP contribution in [-0.2, 0) is 16.1 Å². The van der Waals surface area contributed by atoms with Gasteiger partial charge in [-0.25, -0.2) is 4.79 Å². The number of cyclic esters (lactones) is 1. The zero-order valence-corrected chi connectivity index (χ0v) is 13.2. The summed E-state index contributed by atoms with van der Waals surface area (Å²) >= 11 is 6.21. The van der Waals surface area contributed by atoms with Crippen LogP contribution in [0.15, 0.2) is 29.3 Å². The molecule has 6 nitrogen and oxygen atoms in total. The Morgan fingerprint density at radius 2 is 2.17 bits per heavy atom. The van der Waals surface area contributed by atoms with Gasteiger partial charge in [0.15, 0.2) is 5.11 Å². The number of hydrogen-bond donors (Lipinski definition) is 2. The van der Waals surface area contributed by atoms with E-state index in [1.54, 1.807) is 12.1 Å². The molecular formula is C15H9N3O3S2. The van der Waals surface area contributed by atoms with Crippen molar-refractivity contribution >= 4 is 46.8 Å². The SMILES string of the molecule is O=C1NC(=S)N/C1=C/c1csnc1-c1ccc2c(c1)COC2=O. The predicted molar refractivity (Wildman–Crippen MR) is 88.5 cm³/mol. The van der Waals surface area contributed by atoms with Gasteiger partial charge in [-0.1, -0.05) is 6.07 Å². The van der Waals surface area contributed by atoms with Crippen molar-refractivity contribution in [1.29, 1.82) is 0 Å². The van der Waals surface area contributed by atoms with Gasteiger partial charge in [0, 0.05) is 22.1 Å². The van der Waals surface area contributed by atoms with E-state index in [0.29, 0.717) is 16.4 Å². The van der Waals surface area contributed by atoms with E-state index in [4.69, 9.17) is 17.0 Å². The number of carbonyl (C=O) groups is 2. The van der Waals surface area contributed by atoms with Crippen molar-refractivity contribution in [3.63, 3.8) is 0 Å². The van der Waals surface area contributed by atoms with Gasteiger partial charge in [-0.05, 0) is 42.0 Å². The van der Waals surface area contributed by atoms with Crippen LogP contribution in [0.2, 0.25) is 0 Å². The Morgan fingerprint density at radius 1 is 1.30 bits per heavy atom. The van der Waals surface area contributed by atoms with Crippen LogP contribution in [0.3, 0.4) is 0 Å². The average molecular weight is 343 g/mol. The molecule has 1 aromatic carbocycles. The Balaban J connectivity index is 1.74. The molecule has 0 aliphatic carbocycles. The van der Waals surface area contributed by atoms with Gasteiger partial charge in [-0.15, -0.1) is 0 Å². The molecule has 114 valence electrons. The zero-order valence-electron chi connectivity index (χ0n) is 11.6. The number of carbonyl (C=O) groups excluding carboxylic acids is 2. The lowest BCUT2D eigenvalue weighted by atomic mass is 10.0. The zero-order chi connectivity index (χ0) is 16.0. The van der Waals surface area contributed by atoms with E-state index < -0.39 is 0 Å². The van der Waals surface area contributed by atoms with Crippen molar-refractivity contribution in [3.8, 4) is 11.3 Å². The number of thiocarbonyl (C=S) groups is 1. The molecule has 2 aliphatic rings. The summed E-state index contributed by atoms with van der Waals surface area (Å²) < 4.78 is 9.41. The number of rotatable bonds is 2. The normalized spacial score (nSPS) is 17.9. The first-order chi connectivity index (χ1) is 11.1. The van der Waals surface area contributed by atoms with E-state index in [-0.39, 0.29) is 18.5 Å². The number of nitrogens with one attached hydrogen (secondary N) is 2. The maximum Gasteiger partial charge on any atom is 0.338 e. The second kappa shape index (κ2) is 5.25. The summed E-state index contributed by atoms with van der Waals surface area (Å²) in [6.07, 6.45) is 1.71. The third kappa shape index (κ3) is 2.41. The molecule has 0 bridgehead atoms. The molecule has 2 aromatic rings. The van der Waals surface area contributed by atoms with Gasteiger partial charge in [0.25, 0.3) is 5.91 Å². The molecule has 0 unspecified atom stereocenters. The molecule has 1 saturated heterocycles. The molecule has 2 N–H and O–H groups in total. The molecule has 0 atom stereocenters. The highest BCUT2D eigenvalue weighted by molar-refractivity contribution is 7.80. The minimum Gasteiger partial charge on any atom is -0.457 e. The smallest absolute Gasteiger partial charge is 0.338 e. The third-order valence-electron chi connectivity index (χ3n) is 3.57. The summed E-state index contributed by atoms with van der Waals surface area (Å²) in [6.45, 7) is 0.279. The fourth-order valence-electron chi connectivity index (χ4n) is 2.48. The van der Waals surface area contributed by atoms with Gasteiger partial charge < -0.3 is 10.1 Å². The summed E-state index contributed by atoms with van der Waals surface area (Å²) in [5, 5.41) is 7.48. The maximum atomic E-state index is 11.7. The Bertz CT molecular complexity index is 901. The van der Waals surface area contributed by atoms with E-state index in [1.807, 2.05) is 17.5 Å². The van der Waals surface area contributed by atoms with Crippen LogP contribution in [0.5, 0.6) is 0 Å². The van der Waals surface area contributed by atoms with Gasteiger partial charge in [0.05, 0.1) is 11.3 Å². The van der Waals surface area contributed by atoms with Crippen LogP contribution < -0.4 is 10.6 Å². The first kappa shape index (κ1) is 14.0. The Kier molecular flexibility index (Phi) is 3.21. The molecule has 23 heavy (non-hydrogen) atoms. The first-order valence-electron chi connectivity index (χ1n) is 6.70. The lowest BCUT2D eigenvalue weighted by Gasteiger charge is -2.02. The molecule has 0 radical (unpaired) electrons. The highest BCUT2D eigenvalue weighted by Crippen LogP contribution is 2.30. The van der Waals surface area contributed by atoms with Crippen molar-refractivity contribution in [2.75, 3.05) is 0 Å². The third-order valence-corrected chi connectivity index (χ3v) is 4.43. The van der Waals surface area contributed by atoms with Gasteiger partial charge in [0.1, 0.15) is 12.3 Å².